The highest BCUT2D eigenvalue weighted by Crippen LogP contribution is 2.36. The zero-order valence-electron chi connectivity index (χ0n) is 11.8. The van der Waals surface area contributed by atoms with Crippen LogP contribution < -0.4 is 4.74 Å². The highest BCUT2D eigenvalue weighted by Gasteiger charge is 2.34. The van der Waals surface area contributed by atoms with Crippen molar-refractivity contribution in [2.75, 3.05) is 32.8 Å². The van der Waals surface area contributed by atoms with Crippen LogP contribution in [0.15, 0.2) is 24.3 Å². The van der Waals surface area contributed by atoms with Gasteiger partial charge in [-0.25, -0.2) is 4.79 Å². The van der Waals surface area contributed by atoms with Crippen molar-refractivity contribution in [1.82, 2.24) is 9.80 Å². The number of aliphatic hydroxyl groups is 1. The lowest BCUT2D eigenvalue weighted by molar-refractivity contribution is 0.0166. The predicted octanol–water partition coefficient (Wildman–Crippen LogP) is 1.17. The third kappa shape index (κ3) is 2.82. The Balaban J connectivity index is 1.82. The summed E-state index contributed by atoms with van der Waals surface area (Å²) in [6.07, 6.45) is -0.789. The van der Waals surface area contributed by atoms with E-state index in [0.717, 1.165) is 11.3 Å². The fraction of sp³-hybridized carbons (Fsp3) is 0.533. The summed E-state index contributed by atoms with van der Waals surface area (Å²) in [5.74, 6) is 0.819. The lowest BCUT2D eigenvalue weighted by Gasteiger charge is -2.39. The van der Waals surface area contributed by atoms with Gasteiger partial charge in [0, 0.05) is 38.2 Å². The van der Waals surface area contributed by atoms with Crippen molar-refractivity contribution >= 4 is 6.09 Å². The maximum Gasteiger partial charge on any atom is 0.407 e. The minimum absolute atomic E-state index is 0.125. The second-order valence-electron chi connectivity index (χ2n) is 5.49. The summed E-state index contributed by atoms with van der Waals surface area (Å²) in [5.41, 5.74) is 0.992. The summed E-state index contributed by atoms with van der Waals surface area (Å²) < 4.78 is 5.71. The second-order valence-corrected chi connectivity index (χ2v) is 5.49. The third-order valence-electron chi connectivity index (χ3n) is 4.25. The molecule has 1 aromatic carbocycles. The molecule has 0 aliphatic carbocycles. The fourth-order valence-electron chi connectivity index (χ4n) is 3.14. The molecule has 1 aromatic rings. The van der Waals surface area contributed by atoms with E-state index in [1.165, 1.54) is 4.90 Å². The predicted molar refractivity (Wildman–Crippen MR) is 76.5 cm³/mol. The van der Waals surface area contributed by atoms with Crippen LogP contribution in [0.2, 0.25) is 0 Å². The van der Waals surface area contributed by atoms with Crippen LogP contribution in [-0.4, -0.2) is 65.0 Å². The van der Waals surface area contributed by atoms with Gasteiger partial charge in [0.25, 0.3) is 0 Å². The molecule has 21 heavy (non-hydrogen) atoms. The molecule has 0 radical (unpaired) electrons. The van der Waals surface area contributed by atoms with Crippen molar-refractivity contribution in [2.45, 2.75) is 18.6 Å². The molecule has 1 amide bonds. The molecule has 1 fully saturated rings. The van der Waals surface area contributed by atoms with Crippen molar-refractivity contribution in [2.24, 2.45) is 0 Å². The molecular formula is C15H20N2O4. The first-order chi connectivity index (χ1) is 10.2. The van der Waals surface area contributed by atoms with E-state index in [-0.39, 0.29) is 6.04 Å². The quantitative estimate of drug-likeness (QED) is 0.813. The normalized spacial score (nSPS) is 26.6. The van der Waals surface area contributed by atoms with Crippen molar-refractivity contribution < 1.29 is 19.7 Å². The van der Waals surface area contributed by atoms with Crippen LogP contribution in [-0.2, 0) is 0 Å². The molecule has 2 heterocycles. The maximum absolute atomic E-state index is 11.0. The highest BCUT2D eigenvalue weighted by atomic mass is 16.5. The number of ether oxygens (including phenoxy) is 1. The van der Waals surface area contributed by atoms with Gasteiger partial charge in [-0.3, -0.25) is 4.90 Å². The van der Waals surface area contributed by atoms with E-state index in [1.54, 1.807) is 0 Å². The van der Waals surface area contributed by atoms with Crippen LogP contribution in [0.4, 0.5) is 4.79 Å². The molecule has 114 valence electrons. The number of nitrogens with zero attached hydrogens (tertiary/aromatic N) is 2. The number of fused-ring (bicyclic) bond motifs is 1. The van der Waals surface area contributed by atoms with Crippen molar-refractivity contribution in [3.05, 3.63) is 29.8 Å². The Morgan fingerprint density at radius 2 is 1.90 bits per heavy atom. The number of carbonyl (C=O) groups is 1. The summed E-state index contributed by atoms with van der Waals surface area (Å²) in [5, 5.41) is 19.5. The Morgan fingerprint density at radius 3 is 2.62 bits per heavy atom. The molecule has 0 aromatic heterocycles. The molecule has 3 rings (SSSR count). The van der Waals surface area contributed by atoms with Crippen LogP contribution in [0.3, 0.4) is 0 Å². The highest BCUT2D eigenvalue weighted by molar-refractivity contribution is 5.65. The third-order valence-corrected chi connectivity index (χ3v) is 4.25. The summed E-state index contributed by atoms with van der Waals surface area (Å²) in [6, 6.07) is 7.66. The van der Waals surface area contributed by atoms with Gasteiger partial charge < -0.3 is 19.8 Å². The molecule has 0 saturated carbocycles. The molecule has 6 heteroatoms. The largest absolute Gasteiger partial charge is 0.493 e. The first-order valence-corrected chi connectivity index (χ1v) is 7.28. The van der Waals surface area contributed by atoms with Crippen molar-refractivity contribution in [1.29, 1.82) is 0 Å². The average molecular weight is 292 g/mol. The zero-order valence-corrected chi connectivity index (χ0v) is 11.8. The van der Waals surface area contributed by atoms with E-state index >= 15 is 0 Å². The van der Waals surface area contributed by atoms with Gasteiger partial charge in [0.1, 0.15) is 5.75 Å². The van der Waals surface area contributed by atoms with Gasteiger partial charge in [-0.2, -0.15) is 0 Å². The van der Waals surface area contributed by atoms with Crippen molar-refractivity contribution in [3.8, 4) is 5.75 Å². The second kappa shape index (κ2) is 5.91. The van der Waals surface area contributed by atoms with Crippen molar-refractivity contribution in [3.63, 3.8) is 0 Å². The van der Waals surface area contributed by atoms with E-state index in [0.29, 0.717) is 39.2 Å². The van der Waals surface area contributed by atoms with E-state index in [2.05, 4.69) is 4.90 Å². The number of benzene rings is 1. The number of hydrogen-bond acceptors (Lipinski definition) is 4. The van der Waals surface area contributed by atoms with E-state index in [1.807, 2.05) is 24.3 Å². The number of amides is 1. The first kappa shape index (κ1) is 14.2. The zero-order chi connectivity index (χ0) is 14.8. The fourth-order valence-corrected chi connectivity index (χ4v) is 3.14. The Morgan fingerprint density at radius 1 is 1.19 bits per heavy atom. The topological polar surface area (TPSA) is 73.2 Å². The molecule has 1 saturated heterocycles. The molecule has 0 spiro atoms. The molecule has 2 atom stereocenters. The van der Waals surface area contributed by atoms with E-state index in [9.17, 15) is 9.90 Å². The van der Waals surface area contributed by atoms with Gasteiger partial charge in [-0.15, -0.1) is 0 Å². The molecule has 2 aliphatic heterocycles. The van der Waals surface area contributed by atoms with Crippen LogP contribution in [0.5, 0.6) is 5.75 Å². The Hall–Kier alpha value is -1.79. The van der Waals surface area contributed by atoms with Gasteiger partial charge in [-0.05, 0) is 6.07 Å². The molecule has 2 N–H and O–H groups in total. The van der Waals surface area contributed by atoms with Gasteiger partial charge >= 0.3 is 6.09 Å². The van der Waals surface area contributed by atoms with Crippen LogP contribution in [0, 0.1) is 0 Å². The summed E-state index contributed by atoms with van der Waals surface area (Å²) in [7, 11) is 0. The average Bonchev–Trinajstić information content (AvgIpc) is 2.65. The molecule has 0 bridgehead atoms. The Kier molecular flexibility index (Phi) is 3.98. The minimum Gasteiger partial charge on any atom is -0.493 e. The van der Waals surface area contributed by atoms with Gasteiger partial charge in [-0.1, -0.05) is 18.2 Å². The van der Waals surface area contributed by atoms with Gasteiger partial charge in [0.2, 0.25) is 0 Å². The number of aliphatic hydroxyl groups excluding tert-OH is 1. The summed E-state index contributed by atoms with van der Waals surface area (Å²) in [6.45, 7) is 2.71. The number of piperazine rings is 1. The van der Waals surface area contributed by atoms with E-state index in [4.69, 9.17) is 9.84 Å². The lowest BCUT2D eigenvalue weighted by atomic mass is 9.97. The standard InChI is InChI=1S/C15H20N2O4/c18-12-5-10-21-13-4-2-1-3-11(13)14(12)16-6-8-17(9-7-16)15(19)20/h1-4,12,14,18H,5-10H2,(H,19,20)/t12-,14+/m1/s1. The smallest absolute Gasteiger partial charge is 0.407 e. The summed E-state index contributed by atoms with van der Waals surface area (Å²) in [4.78, 5) is 14.6. The number of hydrogen-bond donors (Lipinski definition) is 2. The monoisotopic (exact) mass is 292 g/mol. The number of rotatable bonds is 1. The first-order valence-electron chi connectivity index (χ1n) is 7.28. The molecule has 0 unspecified atom stereocenters. The van der Waals surface area contributed by atoms with Gasteiger partial charge in [0.15, 0.2) is 0 Å². The number of carboxylic acid groups (broad SMARTS) is 1. The minimum atomic E-state index is -0.875. The number of para-hydroxylation sites is 1. The Labute approximate surface area is 123 Å². The van der Waals surface area contributed by atoms with Crippen LogP contribution in [0.1, 0.15) is 18.0 Å². The summed E-state index contributed by atoms with van der Waals surface area (Å²) >= 11 is 0. The maximum atomic E-state index is 11.0. The van der Waals surface area contributed by atoms with Crippen LogP contribution in [0.25, 0.3) is 0 Å². The van der Waals surface area contributed by atoms with E-state index < -0.39 is 12.2 Å². The van der Waals surface area contributed by atoms with Crippen LogP contribution >= 0.6 is 0 Å². The SMILES string of the molecule is O=C(O)N1CCN([C@H]2c3ccccc3OCC[C@H]2O)CC1. The molecule has 6 nitrogen and oxygen atoms in total. The Bertz CT molecular complexity index is 514. The molecular weight excluding hydrogens is 272 g/mol. The lowest BCUT2D eigenvalue weighted by Crippen LogP contribution is -2.51. The molecule has 2 aliphatic rings. The van der Waals surface area contributed by atoms with Gasteiger partial charge in [0.05, 0.1) is 18.8 Å².